The molecular weight excluding hydrogens is 290 g/mol. The lowest BCUT2D eigenvalue weighted by atomic mass is 10.0. The fourth-order valence-corrected chi connectivity index (χ4v) is 3.72. The number of nitrogens with two attached hydrogens (primary N) is 1. The molecule has 0 unspecified atom stereocenters. The van der Waals surface area contributed by atoms with E-state index in [2.05, 4.69) is 4.98 Å². The largest absolute Gasteiger partial charge is 0.396 e. The summed E-state index contributed by atoms with van der Waals surface area (Å²) in [5.41, 5.74) is 5.56. The number of likely N-dealkylation sites (tertiary alicyclic amines) is 1. The minimum absolute atomic E-state index is 0.0767. The number of nitrogens with zero attached hydrogens (tertiary/aromatic N) is 2. The first kappa shape index (κ1) is 15.9. The first-order chi connectivity index (χ1) is 9.99. The van der Waals surface area contributed by atoms with Crippen molar-refractivity contribution in [1.82, 2.24) is 9.88 Å². The summed E-state index contributed by atoms with van der Waals surface area (Å²) in [6.45, 7) is 4.57. The molecular formula is C14H21N3O3S. The topological polar surface area (TPSA) is 96.5 Å². The summed E-state index contributed by atoms with van der Waals surface area (Å²) in [5, 5.41) is 9.62. The lowest BCUT2D eigenvalue weighted by Crippen LogP contribution is -2.34. The molecule has 116 valence electrons. The Morgan fingerprint density at radius 1 is 1.57 bits per heavy atom. The average molecular weight is 311 g/mol. The molecule has 1 aliphatic rings. The summed E-state index contributed by atoms with van der Waals surface area (Å²) >= 11 is 1.12. The molecule has 0 saturated carbocycles. The Hall–Kier alpha value is -1.47. The van der Waals surface area contributed by atoms with Crippen LogP contribution in [0.5, 0.6) is 0 Å². The number of primary amides is 1. The van der Waals surface area contributed by atoms with Crippen LogP contribution in [-0.4, -0.2) is 46.0 Å². The molecule has 3 N–H and O–H groups in total. The third-order valence-corrected chi connectivity index (χ3v) is 5.20. The van der Waals surface area contributed by atoms with Crippen LogP contribution < -0.4 is 5.73 Å². The molecule has 0 aliphatic carbocycles. The van der Waals surface area contributed by atoms with Gasteiger partial charge in [-0.05, 0) is 26.2 Å². The predicted molar refractivity (Wildman–Crippen MR) is 80.5 cm³/mol. The number of aliphatic hydroxyl groups excluding tert-OH is 1. The van der Waals surface area contributed by atoms with E-state index in [1.165, 1.54) is 0 Å². The highest BCUT2D eigenvalue weighted by Crippen LogP contribution is 2.31. The minimum Gasteiger partial charge on any atom is -0.396 e. The normalized spacial score (nSPS) is 19.8. The SMILES string of the molecule is CC[C@@H](CO)c1sc(C(N)=O)nc1C(=O)N1CCC[C@@H]1C. The van der Waals surface area contributed by atoms with Gasteiger partial charge in [-0.2, -0.15) is 0 Å². The molecule has 1 aliphatic heterocycles. The molecule has 6 nitrogen and oxygen atoms in total. The van der Waals surface area contributed by atoms with Crippen molar-refractivity contribution in [3.05, 3.63) is 15.6 Å². The second-order valence-electron chi connectivity index (χ2n) is 5.37. The van der Waals surface area contributed by atoms with Crippen LogP contribution in [0.4, 0.5) is 0 Å². The van der Waals surface area contributed by atoms with E-state index < -0.39 is 5.91 Å². The zero-order valence-corrected chi connectivity index (χ0v) is 13.2. The van der Waals surface area contributed by atoms with Crippen molar-refractivity contribution in [1.29, 1.82) is 0 Å². The number of hydrogen-bond acceptors (Lipinski definition) is 5. The van der Waals surface area contributed by atoms with E-state index in [1.807, 2.05) is 13.8 Å². The Morgan fingerprint density at radius 3 is 2.76 bits per heavy atom. The number of aromatic nitrogens is 1. The maximum Gasteiger partial charge on any atom is 0.277 e. The van der Waals surface area contributed by atoms with E-state index in [1.54, 1.807) is 4.90 Å². The van der Waals surface area contributed by atoms with Gasteiger partial charge in [0.15, 0.2) is 5.01 Å². The monoisotopic (exact) mass is 311 g/mol. The lowest BCUT2D eigenvalue weighted by Gasteiger charge is -2.21. The van der Waals surface area contributed by atoms with Gasteiger partial charge in [-0.3, -0.25) is 9.59 Å². The molecule has 2 amide bonds. The van der Waals surface area contributed by atoms with E-state index in [0.717, 1.165) is 24.2 Å². The molecule has 1 aromatic heterocycles. The van der Waals surface area contributed by atoms with Gasteiger partial charge >= 0.3 is 0 Å². The summed E-state index contributed by atoms with van der Waals surface area (Å²) in [5.74, 6) is -0.985. The number of amides is 2. The highest BCUT2D eigenvalue weighted by molar-refractivity contribution is 7.14. The van der Waals surface area contributed by atoms with Crippen LogP contribution in [0.25, 0.3) is 0 Å². The Kier molecular flexibility index (Phi) is 4.95. The van der Waals surface area contributed by atoms with Crippen molar-refractivity contribution >= 4 is 23.2 Å². The molecule has 7 heteroatoms. The summed E-state index contributed by atoms with van der Waals surface area (Å²) in [4.78, 5) is 30.6. The Bertz CT molecular complexity index is 540. The van der Waals surface area contributed by atoms with Gasteiger partial charge in [0, 0.05) is 23.4 Å². The maximum absolute atomic E-state index is 12.7. The summed E-state index contributed by atoms with van der Waals surface area (Å²) in [6, 6.07) is 0.179. The zero-order chi connectivity index (χ0) is 15.6. The van der Waals surface area contributed by atoms with Crippen LogP contribution in [0.2, 0.25) is 0 Å². The van der Waals surface area contributed by atoms with Gasteiger partial charge in [0.2, 0.25) is 0 Å². The quantitative estimate of drug-likeness (QED) is 0.858. The fourth-order valence-electron chi connectivity index (χ4n) is 2.64. The average Bonchev–Trinajstić information content (AvgIpc) is 3.06. The molecule has 1 aromatic rings. The maximum atomic E-state index is 12.7. The van der Waals surface area contributed by atoms with Gasteiger partial charge in [-0.1, -0.05) is 6.92 Å². The highest BCUT2D eigenvalue weighted by Gasteiger charge is 2.32. The standard InChI is InChI=1S/C14H21N3O3S/c1-3-9(7-18)11-10(16-13(21-11)12(15)19)14(20)17-6-4-5-8(17)2/h8-9,18H,3-7H2,1-2H3,(H2,15,19)/t8-,9-/m0/s1. The van der Waals surface area contributed by atoms with Crippen LogP contribution in [0.3, 0.4) is 0 Å². The third kappa shape index (κ3) is 3.08. The molecule has 0 aromatic carbocycles. The van der Waals surface area contributed by atoms with Crippen molar-refractivity contribution in [2.45, 2.75) is 45.1 Å². The third-order valence-electron chi connectivity index (χ3n) is 3.96. The van der Waals surface area contributed by atoms with Gasteiger partial charge in [0.1, 0.15) is 5.69 Å². The van der Waals surface area contributed by atoms with E-state index in [0.29, 0.717) is 17.8 Å². The van der Waals surface area contributed by atoms with Crippen molar-refractivity contribution in [2.75, 3.05) is 13.2 Å². The molecule has 1 fully saturated rings. The molecule has 21 heavy (non-hydrogen) atoms. The highest BCUT2D eigenvalue weighted by atomic mass is 32.1. The predicted octanol–water partition coefficient (Wildman–Crippen LogP) is 1.35. The molecule has 0 spiro atoms. The minimum atomic E-state index is -0.637. The molecule has 0 bridgehead atoms. The number of rotatable bonds is 5. The van der Waals surface area contributed by atoms with E-state index >= 15 is 0 Å². The van der Waals surface area contributed by atoms with Crippen molar-refractivity contribution in [3.8, 4) is 0 Å². The van der Waals surface area contributed by atoms with Crippen molar-refractivity contribution in [2.24, 2.45) is 5.73 Å². The summed E-state index contributed by atoms with van der Waals surface area (Å²) in [7, 11) is 0. The molecule has 0 radical (unpaired) electrons. The first-order valence-corrected chi connectivity index (χ1v) is 8.03. The number of aliphatic hydroxyl groups is 1. The molecule has 1 saturated heterocycles. The number of hydrogen-bond donors (Lipinski definition) is 2. The molecule has 2 rings (SSSR count). The Balaban J connectivity index is 2.40. The lowest BCUT2D eigenvalue weighted by molar-refractivity contribution is 0.0740. The van der Waals surface area contributed by atoms with Crippen molar-refractivity contribution in [3.63, 3.8) is 0 Å². The van der Waals surface area contributed by atoms with E-state index in [-0.39, 0.29) is 35.2 Å². The Morgan fingerprint density at radius 2 is 2.29 bits per heavy atom. The second kappa shape index (κ2) is 6.53. The van der Waals surface area contributed by atoms with Crippen LogP contribution in [0.15, 0.2) is 0 Å². The van der Waals surface area contributed by atoms with Crippen LogP contribution in [-0.2, 0) is 0 Å². The fraction of sp³-hybridized carbons (Fsp3) is 0.643. The van der Waals surface area contributed by atoms with Gasteiger partial charge in [-0.25, -0.2) is 4.98 Å². The summed E-state index contributed by atoms with van der Waals surface area (Å²) in [6.07, 6.45) is 2.63. The van der Waals surface area contributed by atoms with Crippen LogP contribution >= 0.6 is 11.3 Å². The van der Waals surface area contributed by atoms with Gasteiger partial charge in [0.25, 0.3) is 11.8 Å². The Labute approximate surface area is 128 Å². The zero-order valence-electron chi connectivity index (χ0n) is 12.3. The van der Waals surface area contributed by atoms with Gasteiger partial charge < -0.3 is 15.7 Å². The summed E-state index contributed by atoms with van der Waals surface area (Å²) < 4.78 is 0. The molecule has 2 atom stereocenters. The smallest absolute Gasteiger partial charge is 0.277 e. The number of carbonyl (C=O) groups is 2. The van der Waals surface area contributed by atoms with Crippen molar-refractivity contribution < 1.29 is 14.7 Å². The number of thiazole rings is 1. The number of carbonyl (C=O) groups excluding carboxylic acids is 2. The van der Waals surface area contributed by atoms with Crippen LogP contribution in [0.1, 0.15) is 64.2 Å². The van der Waals surface area contributed by atoms with Gasteiger partial charge in [-0.15, -0.1) is 11.3 Å². The van der Waals surface area contributed by atoms with Crippen LogP contribution in [0, 0.1) is 0 Å². The van der Waals surface area contributed by atoms with E-state index in [9.17, 15) is 14.7 Å². The first-order valence-electron chi connectivity index (χ1n) is 7.21. The van der Waals surface area contributed by atoms with E-state index in [4.69, 9.17) is 5.73 Å². The van der Waals surface area contributed by atoms with Gasteiger partial charge in [0.05, 0.1) is 6.61 Å². The molecule has 2 heterocycles. The second-order valence-corrected chi connectivity index (χ2v) is 6.40.